The SMILES string of the molecule is CNC(Cc1cccc(F)c1Br)c1cccc(C)c1. The summed E-state index contributed by atoms with van der Waals surface area (Å²) in [5.74, 6) is -0.211. The van der Waals surface area contributed by atoms with Crippen LogP contribution in [0.2, 0.25) is 0 Å². The van der Waals surface area contributed by atoms with Gasteiger partial charge in [-0.25, -0.2) is 4.39 Å². The van der Waals surface area contributed by atoms with E-state index in [0.29, 0.717) is 4.47 Å². The topological polar surface area (TPSA) is 12.0 Å². The highest BCUT2D eigenvalue weighted by atomic mass is 79.9. The Hall–Kier alpha value is -1.19. The van der Waals surface area contributed by atoms with E-state index in [4.69, 9.17) is 0 Å². The second kappa shape index (κ2) is 6.31. The third-order valence-corrected chi connectivity index (χ3v) is 4.14. The zero-order valence-electron chi connectivity index (χ0n) is 11.1. The highest BCUT2D eigenvalue weighted by Crippen LogP contribution is 2.26. The largest absolute Gasteiger partial charge is 0.313 e. The van der Waals surface area contributed by atoms with E-state index in [-0.39, 0.29) is 11.9 Å². The minimum atomic E-state index is -0.211. The zero-order valence-corrected chi connectivity index (χ0v) is 12.7. The molecule has 0 aromatic heterocycles. The predicted molar refractivity (Wildman–Crippen MR) is 80.8 cm³/mol. The second-order valence-electron chi connectivity index (χ2n) is 4.67. The van der Waals surface area contributed by atoms with Crippen molar-refractivity contribution < 1.29 is 4.39 Å². The number of rotatable bonds is 4. The molecule has 0 aliphatic rings. The normalized spacial score (nSPS) is 12.4. The molecule has 0 aliphatic heterocycles. The van der Waals surface area contributed by atoms with Crippen LogP contribution in [0.4, 0.5) is 4.39 Å². The monoisotopic (exact) mass is 321 g/mol. The average molecular weight is 322 g/mol. The third-order valence-electron chi connectivity index (χ3n) is 3.25. The summed E-state index contributed by atoms with van der Waals surface area (Å²) in [5.41, 5.74) is 3.43. The summed E-state index contributed by atoms with van der Waals surface area (Å²) >= 11 is 3.32. The van der Waals surface area contributed by atoms with Crippen LogP contribution < -0.4 is 5.32 Å². The molecule has 2 aromatic carbocycles. The Labute approximate surface area is 122 Å². The van der Waals surface area contributed by atoms with Crippen LogP contribution in [-0.4, -0.2) is 7.05 Å². The van der Waals surface area contributed by atoms with Gasteiger partial charge in [0.05, 0.1) is 4.47 Å². The lowest BCUT2D eigenvalue weighted by Crippen LogP contribution is -2.19. The van der Waals surface area contributed by atoms with Gasteiger partial charge in [0, 0.05) is 6.04 Å². The number of hydrogen-bond donors (Lipinski definition) is 1. The van der Waals surface area contributed by atoms with Gasteiger partial charge in [0.2, 0.25) is 0 Å². The van der Waals surface area contributed by atoms with E-state index in [1.165, 1.54) is 17.2 Å². The summed E-state index contributed by atoms with van der Waals surface area (Å²) in [7, 11) is 1.93. The molecule has 0 heterocycles. The standard InChI is InChI=1S/C16H17BrFN/c1-11-5-3-6-12(9-11)15(19-2)10-13-7-4-8-14(18)16(13)17/h3-9,15,19H,10H2,1-2H3. The van der Waals surface area contributed by atoms with Gasteiger partial charge in [-0.05, 0) is 53.5 Å². The van der Waals surface area contributed by atoms with E-state index in [1.807, 2.05) is 13.1 Å². The molecule has 1 N–H and O–H groups in total. The van der Waals surface area contributed by atoms with Gasteiger partial charge in [0.15, 0.2) is 0 Å². The van der Waals surface area contributed by atoms with Crippen LogP contribution in [0, 0.1) is 12.7 Å². The molecule has 0 amide bonds. The Kier molecular flexibility index (Phi) is 4.72. The minimum Gasteiger partial charge on any atom is -0.313 e. The molecule has 0 radical (unpaired) electrons. The summed E-state index contributed by atoms with van der Waals surface area (Å²) in [6, 6.07) is 13.7. The van der Waals surface area contributed by atoms with Crippen LogP contribution in [-0.2, 0) is 6.42 Å². The van der Waals surface area contributed by atoms with Gasteiger partial charge < -0.3 is 5.32 Å². The Balaban J connectivity index is 2.26. The van der Waals surface area contributed by atoms with E-state index in [1.54, 1.807) is 6.07 Å². The summed E-state index contributed by atoms with van der Waals surface area (Å²) in [6.45, 7) is 2.08. The summed E-state index contributed by atoms with van der Waals surface area (Å²) in [5, 5.41) is 3.30. The molecule has 1 atom stereocenters. The number of nitrogens with one attached hydrogen (secondary N) is 1. The highest BCUT2D eigenvalue weighted by molar-refractivity contribution is 9.10. The molecule has 0 fully saturated rings. The Morgan fingerprint density at radius 3 is 2.63 bits per heavy atom. The molecule has 3 heteroatoms. The number of halogens is 2. The lowest BCUT2D eigenvalue weighted by Gasteiger charge is -2.18. The molecular weight excluding hydrogens is 305 g/mol. The van der Waals surface area contributed by atoms with Crippen LogP contribution in [0.5, 0.6) is 0 Å². The molecule has 1 nitrogen and oxygen atoms in total. The van der Waals surface area contributed by atoms with Crippen molar-refractivity contribution in [1.29, 1.82) is 0 Å². The van der Waals surface area contributed by atoms with Crippen molar-refractivity contribution in [2.45, 2.75) is 19.4 Å². The molecule has 0 saturated carbocycles. The molecule has 100 valence electrons. The zero-order chi connectivity index (χ0) is 13.8. The van der Waals surface area contributed by atoms with Crippen molar-refractivity contribution in [2.24, 2.45) is 0 Å². The Morgan fingerprint density at radius 2 is 1.95 bits per heavy atom. The molecule has 0 bridgehead atoms. The van der Waals surface area contributed by atoms with Crippen molar-refractivity contribution in [3.8, 4) is 0 Å². The maximum Gasteiger partial charge on any atom is 0.137 e. The summed E-state index contributed by atoms with van der Waals surface area (Å²) in [6.07, 6.45) is 0.748. The first kappa shape index (κ1) is 14.2. The Morgan fingerprint density at radius 1 is 1.21 bits per heavy atom. The fraction of sp³-hybridized carbons (Fsp3) is 0.250. The minimum absolute atomic E-state index is 0.179. The molecular formula is C16H17BrFN. The first-order valence-electron chi connectivity index (χ1n) is 6.28. The van der Waals surface area contributed by atoms with Gasteiger partial charge in [-0.3, -0.25) is 0 Å². The number of likely N-dealkylation sites (N-methyl/N-ethyl adjacent to an activating group) is 1. The van der Waals surface area contributed by atoms with Crippen LogP contribution in [0.1, 0.15) is 22.7 Å². The van der Waals surface area contributed by atoms with Gasteiger partial charge >= 0.3 is 0 Å². The second-order valence-corrected chi connectivity index (χ2v) is 5.47. The van der Waals surface area contributed by atoms with Crippen LogP contribution in [0.15, 0.2) is 46.9 Å². The van der Waals surface area contributed by atoms with E-state index in [2.05, 4.69) is 52.4 Å². The third kappa shape index (κ3) is 3.43. The van der Waals surface area contributed by atoms with Gasteiger partial charge in [-0.15, -0.1) is 0 Å². The average Bonchev–Trinajstić information content (AvgIpc) is 2.40. The molecule has 2 aromatic rings. The number of hydrogen-bond acceptors (Lipinski definition) is 1. The van der Waals surface area contributed by atoms with Crippen molar-refractivity contribution >= 4 is 15.9 Å². The van der Waals surface area contributed by atoms with Gasteiger partial charge in [-0.2, -0.15) is 0 Å². The van der Waals surface area contributed by atoms with Gasteiger partial charge in [0.25, 0.3) is 0 Å². The molecule has 0 spiro atoms. The van der Waals surface area contributed by atoms with Crippen molar-refractivity contribution in [1.82, 2.24) is 5.32 Å². The lowest BCUT2D eigenvalue weighted by atomic mass is 9.98. The van der Waals surface area contributed by atoms with Gasteiger partial charge in [0.1, 0.15) is 5.82 Å². The highest BCUT2D eigenvalue weighted by Gasteiger charge is 2.13. The Bertz CT molecular complexity index is 568. The predicted octanol–water partition coefficient (Wildman–Crippen LogP) is 4.40. The number of benzene rings is 2. The maximum atomic E-state index is 13.5. The van der Waals surface area contributed by atoms with E-state index in [0.717, 1.165) is 12.0 Å². The van der Waals surface area contributed by atoms with Gasteiger partial charge in [-0.1, -0.05) is 42.0 Å². The molecule has 0 saturated heterocycles. The smallest absolute Gasteiger partial charge is 0.137 e. The van der Waals surface area contributed by atoms with Crippen LogP contribution in [0.25, 0.3) is 0 Å². The van der Waals surface area contributed by atoms with E-state index in [9.17, 15) is 4.39 Å². The van der Waals surface area contributed by atoms with Crippen LogP contribution in [0.3, 0.4) is 0 Å². The molecule has 2 rings (SSSR count). The molecule has 0 aliphatic carbocycles. The fourth-order valence-electron chi connectivity index (χ4n) is 2.20. The fourth-order valence-corrected chi connectivity index (χ4v) is 2.63. The van der Waals surface area contributed by atoms with Crippen molar-refractivity contribution in [3.05, 3.63) is 69.4 Å². The molecule has 19 heavy (non-hydrogen) atoms. The maximum absolute atomic E-state index is 13.5. The lowest BCUT2D eigenvalue weighted by molar-refractivity contribution is 0.580. The number of aryl methyl sites for hydroxylation is 1. The van der Waals surface area contributed by atoms with Crippen LogP contribution >= 0.6 is 15.9 Å². The van der Waals surface area contributed by atoms with E-state index < -0.39 is 0 Å². The van der Waals surface area contributed by atoms with Crippen molar-refractivity contribution in [3.63, 3.8) is 0 Å². The van der Waals surface area contributed by atoms with E-state index >= 15 is 0 Å². The summed E-state index contributed by atoms with van der Waals surface area (Å²) in [4.78, 5) is 0. The quantitative estimate of drug-likeness (QED) is 0.880. The summed E-state index contributed by atoms with van der Waals surface area (Å²) < 4.78 is 14.1. The molecule has 1 unspecified atom stereocenters. The first-order valence-corrected chi connectivity index (χ1v) is 7.08. The first-order chi connectivity index (χ1) is 9.11. The van der Waals surface area contributed by atoms with Crippen molar-refractivity contribution in [2.75, 3.05) is 7.05 Å².